The number of hydrogen-bond donors (Lipinski definition) is 2. The van der Waals surface area contributed by atoms with Crippen molar-refractivity contribution in [2.45, 2.75) is 31.2 Å². The van der Waals surface area contributed by atoms with Gasteiger partial charge in [0.15, 0.2) is 11.5 Å². The Balaban J connectivity index is 2.03. The number of fused-ring (bicyclic) bond motifs is 1. The van der Waals surface area contributed by atoms with Crippen LogP contribution in [0.2, 0.25) is 0 Å². The fourth-order valence-electron chi connectivity index (χ4n) is 2.01. The van der Waals surface area contributed by atoms with Crippen LogP contribution in [0.25, 0.3) is 0 Å². The summed E-state index contributed by atoms with van der Waals surface area (Å²) < 4.78 is 11.2. The average molecular weight is 297 g/mol. The molecule has 0 saturated heterocycles. The average Bonchev–Trinajstić information content (AvgIpc) is 2.47. The van der Waals surface area contributed by atoms with Crippen molar-refractivity contribution < 1.29 is 14.6 Å². The maximum Gasteiger partial charge on any atom is 0.161 e. The molecular formula is C15H23NO3S. The molecule has 1 aliphatic heterocycles. The summed E-state index contributed by atoms with van der Waals surface area (Å²) in [4.78, 5) is 0. The molecule has 0 bridgehead atoms. The first-order chi connectivity index (χ1) is 9.61. The molecule has 0 fully saturated rings. The predicted octanol–water partition coefficient (Wildman–Crippen LogP) is 2.22. The lowest BCUT2D eigenvalue weighted by Crippen LogP contribution is -2.23. The van der Waals surface area contributed by atoms with Gasteiger partial charge in [-0.1, -0.05) is 13.0 Å². The molecule has 0 aliphatic carbocycles. The van der Waals surface area contributed by atoms with Gasteiger partial charge in [0.25, 0.3) is 0 Å². The van der Waals surface area contributed by atoms with Crippen LogP contribution in [-0.2, 0) is 0 Å². The second-order valence-electron chi connectivity index (χ2n) is 5.02. The lowest BCUT2D eigenvalue weighted by atomic mass is 10.1. The van der Waals surface area contributed by atoms with Gasteiger partial charge in [0, 0.05) is 17.0 Å². The van der Waals surface area contributed by atoms with Crippen molar-refractivity contribution >= 4 is 11.8 Å². The highest BCUT2D eigenvalue weighted by Gasteiger charge is 2.18. The Morgan fingerprint density at radius 3 is 2.60 bits per heavy atom. The molecule has 112 valence electrons. The quantitative estimate of drug-likeness (QED) is 0.843. The van der Waals surface area contributed by atoms with Crippen LogP contribution in [0.1, 0.15) is 25.5 Å². The summed E-state index contributed by atoms with van der Waals surface area (Å²) in [6.07, 6.45) is -0.294. The molecule has 3 unspecified atom stereocenters. The first kappa shape index (κ1) is 15.5. The van der Waals surface area contributed by atoms with E-state index in [0.29, 0.717) is 13.2 Å². The molecule has 20 heavy (non-hydrogen) atoms. The van der Waals surface area contributed by atoms with E-state index in [1.807, 2.05) is 33.0 Å². The van der Waals surface area contributed by atoms with E-state index in [-0.39, 0.29) is 17.4 Å². The van der Waals surface area contributed by atoms with Gasteiger partial charge in [0.05, 0.1) is 6.10 Å². The molecule has 0 aromatic heterocycles. The summed E-state index contributed by atoms with van der Waals surface area (Å²) in [7, 11) is 1.95. The van der Waals surface area contributed by atoms with E-state index >= 15 is 0 Å². The fraction of sp³-hybridized carbons (Fsp3) is 0.600. The molecule has 1 aliphatic rings. The molecule has 0 amide bonds. The Bertz CT molecular complexity index is 439. The Labute approximate surface area is 124 Å². The standard InChI is InChI=1S/C15H23NO3S/c1-10(17)11(2)20-9-13(16-3)12-4-5-14-15(8-12)19-7-6-18-14/h4-5,8,10-11,13,16-17H,6-7,9H2,1-3H3. The normalized spacial score (nSPS) is 18.4. The van der Waals surface area contributed by atoms with Crippen LogP contribution in [0, 0.1) is 0 Å². The van der Waals surface area contributed by atoms with Crippen molar-refractivity contribution in [1.82, 2.24) is 5.32 Å². The molecule has 0 radical (unpaired) electrons. The van der Waals surface area contributed by atoms with Gasteiger partial charge in [-0.15, -0.1) is 0 Å². The summed E-state index contributed by atoms with van der Waals surface area (Å²) >= 11 is 1.76. The minimum atomic E-state index is -0.294. The maximum atomic E-state index is 9.56. The van der Waals surface area contributed by atoms with E-state index in [0.717, 1.165) is 17.3 Å². The van der Waals surface area contributed by atoms with Gasteiger partial charge in [-0.05, 0) is 31.7 Å². The number of hydrogen-bond acceptors (Lipinski definition) is 5. The number of rotatable bonds is 6. The van der Waals surface area contributed by atoms with Crippen molar-refractivity contribution in [3.63, 3.8) is 0 Å². The topological polar surface area (TPSA) is 50.7 Å². The first-order valence-electron chi connectivity index (χ1n) is 6.98. The lowest BCUT2D eigenvalue weighted by Gasteiger charge is -2.23. The van der Waals surface area contributed by atoms with Crippen LogP contribution in [0.4, 0.5) is 0 Å². The Hall–Kier alpha value is -0.910. The molecule has 0 spiro atoms. The summed E-state index contributed by atoms with van der Waals surface area (Å²) in [5, 5.41) is 13.1. The van der Waals surface area contributed by atoms with Gasteiger partial charge < -0.3 is 19.9 Å². The van der Waals surface area contributed by atoms with Crippen LogP contribution in [0.3, 0.4) is 0 Å². The molecule has 4 nitrogen and oxygen atoms in total. The summed E-state index contributed by atoms with van der Waals surface area (Å²) in [6, 6.07) is 6.32. The minimum Gasteiger partial charge on any atom is -0.486 e. The van der Waals surface area contributed by atoms with Gasteiger partial charge in [-0.3, -0.25) is 0 Å². The highest BCUT2D eigenvalue weighted by Crippen LogP contribution is 2.33. The second-order valence-corrected chi connectivity index (χ2v) is 6.43. The van der Waals surface area contributed by atoms with Gasteiger partial charge >= 0.3 is 0 Å². The maximum absolute atomic E-state index is 9.56. The van der Waals surface area contributed by atoms with Crippen LogP contribution in [-0.4, -0.2) is 42.5 Å². The zero-order chi connectivity index (χ0) is 14.5. The number of thioether (sulfide) groups is 1. The van der Waals surface area contributed by atoms with E-state index in [2.05, 4.69) is 11.4 Å². The van der Waals surface area contributed by atoms with Gasteiger partial charge in [-0.2, -0.15) is 11.8 Å². The number of nitrogens with one attached hydrogen (secondary N) is 1. The highest BCUT2D eigenvalue weighted by atomic mass is 32.2. The molecule has 1 heterocycles. The first-order valence-corrected chi connectivity index (χ1v) is 8.03. The van der Waals surface area contributed by atoms with Crippen molar-refractivity contribution in [2.24, 2.45) is 0 Å². The fourth-order valence-corrected chi connectivity index (χ4v) is 3.14. The van der Waals surface area contributed by atoms with E-state index in [1.54, 1.807) is 11.8 Å². The number of ether oxygens (including phenoxy) is 2. The third kappa shape index (κ3) is 3.81. The lowest BCUT2D eigenvalue weighted by molar-refractivity contribution is 0.171. The number of benzene rings is 1. The van der Waals surface area contributed by atoms with Crippen LogP contribution < -0.4 is 14.8 Å². The minimum absolute atomic E-state index is 0.225. The number of aliphatic hydroxyl groups excluding tert-OH is 1. The molecule has 2 rings (SSSR count). The number of aliphatic hydroxyl groups is 1. The SMILES string of the molecule is CNC(CSC(C)C(C)O)c1ccc2c(c1)OCCO2. The molecule has 3 atom stereocenters. The van der Waals surface area contributed by atoms with Crippen LogP contribution in [0.15, 0.2) is 18.2 Å². The predicted molar refractivity (Wildman–Crippen MR) is 82.8 cm³/mol. The molecule has 1 aromatic carbocycles. The van der Waals surface area contributed by atoms with E-state index < -0.39 is 0 Å². The Kier molecular flexibility index (Phi) is 5.57. The summed E-state index contributed by atoms with van der Waals surface area (Å²) in [5.74, 6) is 2.55. The summed E-state index contributed by atoms with van der Waals surface area (Å²) in [6.45, 7) is 5.10. The Morgan fingerprint density at radius 1 is 1.25 bits per heavy atom. The zero-order valence-electron chi connectivity index (χ0n) is 12.3. The van der Waals surface area contributed by atoms with E-state index in [9.17, 15) is 5.11 Å². The molecule has 0 saturated carbocycles. The highest BCUT2D eigenvalue weighted by molar-refractivity contribution is 7.99. The van der Waals surface area contributed by atoms with Crippen molar-refractivity contribution in [1.29, 1.82) is 0 Å². The van der Waals surface area contributed by atoms with Gasteiger partial charge in [0.1, 0.15) is 13.2 Å². The molecular weight excluding hydrogens is 274 g/mol. The van der Waals surface area contributed by atoms with Crippen LogP contribution in [0.5, 0.6) is 11.5 Å². The van der Waals surface area contributed by atoms with Gasteiger partial charge in [0.2, 0.25) is 0 Å². The Morgan fingerprint density at radius 2 is 1.95 bits per heavy atom. The smallest absolute Gasteiger partial charge is 0.161 e. The largest absolute Gasteiger partial charge is 0.486 e. The van der Waals surface area contributed by atoms with Gasteiger partial charge in [-0.25, -0.2) is 0 Å². The summed E-state index contributed by atoms with van der Waals surface area (Å²) in [5.41, 5.74) is 1.18. The molecule has 5 heteroatoms. The third-order valence-corrected chi connectivity index (χ3v) is 4.97. The molecule has 1 aromatic rings. The van der Waals surface area contributed by atoms with Crippen molar-refractivity contribution in [2.75, 3.05) is 26.0 Å². The zero-order valence-corrected chi connectivity index (χ0v) is 13.1. The van der Waals surface area contributed by atoms with E-state index in [1.165, 1.54) is 5.56 Å². The van der Waals surface area contributed by atoms with E-state index in [4.69, 9.17) is 9.47 Å². The van der Waals surface area contributed by atoms with Crippen LogP contribution >= 0.6 is 11.8 Å². The molecule has 2 N–H and O–H groups in total. The van der Waals surface area contributed by atoms with Crippen molar-refractivity contribution in [3.8, 4) is 11.5 Å². The second kappa shape index (κ2) is 7.20. The monoisotopic (exact) mass is 297 g/mol. The van der Waals surface area contributed by atoms with Crippen molar-refractivity contribution in [3.05, 3.63) is 23.8 Å². The third-order valence-electron chi connectivity index (χ3n) is 3.52.